The summed E-state index contributed by atoms with van der Waals surface area (Å²) in [4.78, 5) is 4.00. The zero-order valence-corrected chi connectivity index (χ0v) is 7.72. The van der Waals surface area contributed by atoms with Crippen molar-refractivity contribution in [1.29, 1.82) is 0 Å². The topological polar surface area (TPSA) is 42.4 Å². The van der Waals surface area contributed by atoms with Gasteiger partial charge >= 0.3 is 0 Å². The van der Waals surface area contributed by atoms with E-state index in [0.29, 0.717) is 10.9 Å². The summed E-state index contributed by atoms with van der Waals surface area (Å²) in [6, 6.07) is 1.69. The van der Waals surface area contributed by atoms with E-state index in [-0.39, 0.29) is 6.61 Å². The smallest absolute Gasteiger partial charge is 0.171 e. The van der Waals surface area contributed by atoms with E-state index >= 15 is 0 Å². The standard InChI is InChI=1S/C8H10ClNO2/c1-5-6(4-11)3-7(12-2)8(9)10-5/h3,11H,4H2,1-2H3. The van der Waals surface area contributed by atoms with Gasteiger partial charge in [0, 0.05) is 11.3 Å². The lowest BCUT2D eigenvalue weighted by atomic mass is 10.2. The van der Waals surface area contributed by atoms with Crippen LogP contribution in [0.25, 0.3) is 0 Å². The molecule has 0 bridgehead atoms. The van der Waals surface area contributed by atoms with Gasteiger partial charge in [0.15, 0.2) is 10.9 Å². The maximum absolute atomic E-state index is 8.89. The molecular formula is C8H10ClNO2. The van der Waals surface area contributed by atoms with Crippen molar-refractivity contribution in [3.05, 3.63) is 22.5 Å². The highest BCUT2D eigenvalue weighted by atomic mass is 35.5. The third kappa shape index (κ3) is 1.68. The quantitative estimate of drug-likeness (QED) is 0.715. The maximum atomic E-state index is 8.89. The van der Waals surface area contributed by atoms with Crippen LogP contribution in [0.15, 0.2) is 6.07 Å². The van der Waals surface area contributed by atoms with Gasteiger partial charge in [-0.1, -0.05) is 11.6 Å². The van der Waals surface area contributed by atoms with E-state index in [1.807, 2.05) is 0 Å². The van der Waals surface area contributed by atoms with Crippen LogP contribution < -0.4 is 4.74 Å². The first-order valence-electron chi connectivity index (χ1n) is 3.50. The van der Waals surface area contributed by atoms with E-state index in [1.54, 1.807) is 13.0 Å². The molecule has 0 spiro atoms. The SMILES string of the molecule is COc1cc(CO)c(C)nc1Cl. The summed E-state index contributed by atoms with van der Waals surface area (Å²) in [5, 5.41) is 9.22. The fourth-order valence-corrected chi connectivity index (χ4v) is 1.16. The fraction of sp³-hybridized carbons (Fsp3) is 0.375. The number of aromatic nitrogens is 1. The Balaban J connectivity index is 3.18. The van der Waals surface area contributed by atoms with Crippen LogP contribution in [0.5, 0.6) is 5.75 Å². The summed E-state index contributed by atoms with van der Waals surface area (Å²) in [5.74, 6) is 0.492. The van der Waals surface area contributed by atoms with Crippen molar-refractivity contribution in [2.45, 2.75) is 13.5 Å². The average Bonchev–Trinajstić information content (AvgIpc) is 2.05. The van der Waals surface area contributed by atoms with Crippen molar-refractivity contribution >= 4 is 11.6 Å². The van der Waals surface area contributed by atoms with Gasteiger partial charge in [-0.15, -0.1) is 0 Å². The summed E-state index contributed by atoms with van der Waals surface area (Å²) in [5.41, 5.74) is 1.46. The number of nitrogens with zero attached hydrogens (tertiary/aromatic N) is 1. The number of aryl methyl sites for hydroxylation is 1. The molecule has 1 N–H and O–H groups in total. The summed E-state index contributed by atoms with van der Waals surface area (Å²) in [7, 11) is 1.51. The first-order chi connectivity index (χ1) is 5.69. The molecule has 0 radical (unpaired) electrons. The summed E-state index contributed by atoms with van der Waals surface area (Å²) >= 11 is 5.74. The minimum Gasteiger partial charge on any atom is -0.494 e. The van der Waals surface area contributed by atoms with Crippen LogP contribution in [0.3, 0.4) is 0 Å². The minimum atomic E-state index is -0.0492. The maximum Gasteiger partial charge on any atom is 0.171 e. The Morgan fingerprint density at radius 2 is 2.33 bits per heavy atom. The minimum absolute atomic E-state index is 0.0492. The molecule has 0 aliphatic rings. The van der Waals surface area contributed by atoms with Gasteiger partial charge in [-0.2, -0.15) is 0 Å². The molecule has 3 nitrogen and oxygen atoms in total. The molecule has 1 aromatic rings. The summed E-state index contributed by atoms with van der Waals surface area (Å²) in [6.07, 6.45) is 0. The van der Waals surface area contributed by atoms with E-state index in [9.17, 15) is 0 Å². The van der Waals surface area contributed by atoms with Crippen molar-refractivity contribution in [1.82, 2.24) is 4.98 Å². The zero-order valence-electron chi connectivity index (χ0n) is 6.97. The van der Waals surface area contributed by atoms with E-state index < -0.39 is 0 Å². The molecule has 1 heterocycles. The number of aliphatic hydroxyl groups excluding tert-OH is 1. The molecule has 0 atom stereocenters. The first-order valence-corrected chi connectivity index (χ1v) is 3.87. The number of hydrogen-bond acceptors (Lipinski definition) is 3. The van der Waals surface area contributed by atoms with Crippen molar-refractivity contribution in [3.8, 4) is 5.75 Å². The third-order valence-electron chi connectivity index (χ3n) is 1.63. The normalized spacial score (nSPS) is 10.0. The average molecular weight is 188 g/mol. The molecular weight excluding hydrogens is 178 g/mol. The molecule has 0 aromatic carbocycles. The molecule has 0 unspecified atom stereocenters. The van der Waals surface area contributed by atoms with Crippen molar-refractivity contribution in [2.24, 2.45) is 0 Å². The van der Waals surface area contributed by atoms with Gasteiger partial charge in [-0.3, -0.25) is 0 Å². The highest BCUT2D eigenvalue weighted by Gasteiger charge is 2.06. The molecule has 1 rings (SSSR count). The number of rotatable bonds is 2. The van der Waals surface area contributed by atoms with Gasteiger partial charge in [-0.25, -0.2) is 4.98 Å². The van der Waals surface area contributed by atoms with E-state index in [1.165, 1.54) is 7.11 Å². The second-order valence-corrected chi connectivity index (χ2v) is 2.74. The number of aliphatic hydroxyl groups is 1. The monoisotopic (exact) mass is 187 g/mol. The van der Waals surface area contributed by atoms with E-state index in [2.05, 4.69) is 4.98 Å². The van der Waals surface area contributed by atoms with Gasteiger partial charge in [0.05, 0.1) is 13.7 Å². The highest BCUT2D eigenvalue weighted by molar-refractivity contribution is 6.30. The Labute approximate surface area is 76.0 Å². The number of pyridine rings is 1. The Morgan fingerprint density at radius 3 is 2.83 bits per heavy atom. The molecule has 0 aliphatic carbocycles. The first kappa shape index (κ1) is 9.29. The molecule has 0 saturated heterocycles. The lowest BCUT2D eigenvalue weighted by Gasteiger charge is -2.06. The van der Waals surface area contributed by atoms with Gasteiger partial charge in [-0.05, 0) is 13.0 Å². The molecule has 0 saturated carbocycles. The zero-order chi connectivity index (χ0) is 9.14. The molecule has 66 valence electrons. The van der Waals surface area contributed by atoms with Gasteiger partial charge in [0.1, 0.15) is 0 Å². The van der Waals surface area contributed by atoms with Crippen LogP contribution in [0.2, 0.25) is 5.15 Å². The van der Waals surface area contributed by atoms with Crippen LogP contribution in [0.1, 0.15) is 11.3 Å². The van der Waals surface area contributed by atoms with Crippen molar-refractivity contribution in [3.63, 3.8) is 0 Å². The highest BCUT2D eigenvalue weighted by Crippen LogP contribution is 2.24. The lowest BCUT2D eigenvalue weighted by Crippen LogP contribution is -1.95. The molecule has 1 aromatic heterocycles. The van der Waals surface area contributed by atoms with Gasteiger partial charge in [0.2, 0.25) is 0 Å². The molecule has 12 heavy (non-hydrogen) atoms. The summed E-state index contributed by atoms with van der Waals surface area (Å²) in [6.45, 7) is 1.74. The van der Waals surface area contributed by atoms with Crippen molar-refractivity contribution in [2.75, 3.05) is 7.11 Å². The number of ether oxygens (including phenoxy) is 1. The molecule has 0 amide bonds. The van der Waals surface area contributed by atoms with E-state index in [0.717, 1.165) is 11.3 Å². The van der Waals surface area contributed by atoms with Crippen LogP contribution in [0, 0.1) is 6.92 Å². The number of hydrogen-bond donors (Lipinski definition) is 1. The van der Waals surface area contributed by atoms with Crippen LogP contribution in [0.4, 0.5) is 0 Å². The van der Waals surface area contributed by atoms with Crippen LogP contribution in [-0.4, -0.2) is 17.2 Å². The Morgan fingerprint density at radius 1 is 1.67 bits per heavy atom. The summed E-state index contributed by atoms with van der Waals surface area (Å²) < 4.78 is 4.94. The van der Waals surface area contributed by atoms with Gasteiger partial charge < -0.3 is 9.84 Å². The second kappa shape index (κ2) is 3.74. The van der Waals surface area contributed by atoms with Crippen molar-refractivity contribution < 1.29 is 9.84 Å². The predicted octanol–water partition coefficient (Wildman–Crippen LogP) is 1.54. The third-order valence-corrected chi connectivity index (χ3v) is 1.90. The van der Waals surface area contributed by atoms with Gasteiger partial charge in [0.25, 0.3) is 0 Å². The Hall–Kier alpha value is -0.800. The largest absolute Gasteiger partial charge is 0.494 e. The predicted molar refractivity (Wildman–Crippen MR) is 46.5 cm³/mol. The van der Waals surface area contributed by atoms with Crippen LogP contribution >= 0.6 is 11.6 Å². The second-order valence-electron chi connectivity index (χ2n) is 2.38. The molecule has 4 heteroatoms. The number of halogens is 1. The lowest BCUT2D eigenvalue weighted by molar-refractivity contribution is 0.279. The Kier molecular flexibility index (Phi) is 2.89. The number of methoxy groups -OCH3 is 1. The molecule has 0 aliphatic heterocycles. The fourth-order valence-electron chi connectivity index (χ4n) is 0.900. The molecule has 0 fully saturated rings. The van der Waals surface area contributed by atoms with Crippen LogP contribution in [-0.2, 0) is 6.61 Å². The van der Waals surface area contributed by atoms with E-state index in [4.69, 9.17) is 21.4 Å². The Bertz CT molecular complexity index is 263.